The van der Waals surface area contributed by atoms with Gasteiger partial charge in [-0.25, -0.2) is 4.98 Å². The molecule has 0 spiro atoms. The second kappa shape index (κ2) is 7.85. The minimum absolute atomic E-state index is 0.161. The molecule has 0 bridgehead atoms. The standard InChI is InChI=1S/C19H16ClNO4/c1-23-13-6-8-14(9-7-13)24-19(22)11-10-18-21-12-17(25-18)15-4-2-3-5-16(15)20/h2-9,12H,10-11H2,1H3. The van der Waals surface area contributed by atoms with Gasteiger partial charge in [0, 0.05) is 12.0 Å². The number of halogens is 1. The molecule has 0 aliphatic rings. The smallest absolute Gasteiger partial charge is 0.311 e. The molecule has 25 heavy (non-hydrogen) atoms. The summed E-state index contributed by atoms with van der Waals surface area (Å²) in [5, 5.41) is 0.587. The number of carbonyl (C=O) groups excluding carboxylic acids is 1. The molecule has 1 aromatic heterocycles. The number of hydrogen-bond donors (Lipinski definition) is 0. The molecule has 0 atom stereocenters. The highest BCUT2D eigenvalue weighted by atomic mass is 35.5. The van der Waals surface area contributed by atoms with Crippen molar-refractivity contribution in [2.75, 3.05) is 7.11 Å². The molecular weight excluding hydrogens is 342 g/mol. The fourth-order valence-corrected chi connectivity index (χ4v) is 2.48. The lowest BCUT2D eigenvalue weighted by molar-refractivity contribution is -0.134. The Morgan fingerprint density at radius 2 is 1.84 bits per heavy atom. The van der Waals surface area contributed by atoms with Crippen molar-refractivity contribution in [1.29, 1.82) is 0 Å². The number of rotatable bonds is 6. The number of oxazole rings is 1. The number of aromatic nitrogens is 1. The average molecular weight is 358 g/mol. The van der Waals surface area contributed by atoms with E-state index in [1.165, 1.54) is 0 Å². The predicted molar refractivity (Wildman–Crippen MR) is 93.9 cm³/mol. The van der Waals surface area contributed by atoms with Gasteiger partial charge in [-0.2, -0.15) is 0 Å². The highest BCUT2D eigenvalue weighted by molar-refractivity contribution is 6.33. The van der Waals surface area contributed by atoms with Crippen LogP contribution in [0.15, 0.2) is 59.1 Å². The molecule has 0 radical (unpaired) electrons. The maximum absolute atomic E-state index is 11.9. The normalized spacial score (nSPS) is 10.5. The van der Waals surface area contributed by atoms with E-state index in [0.717, 1.165) is 5.56 Å². The third kappa shape index (κ3) is 4.39. The molecule has 0 aliphatic heterocycles. The molecule has 0 aliphatic carbocycles. The van der Waals surface area contributed by atoms with Crippen molar-refractivity contribution in [3.63, 3.8) is 0 Å². The van der Waals surface area contributed by atoms with Gasteiger partial charge in [-0.3, -0.25) is 4.79 Å². The second-order valence-corrected chi connectivity index (χ2v) is 5.65. The van der Waals surface area contributed by atoms with Crippen molar-refractivity contribution < 1.29 is 18.7 Å². The summed E-state index contributed by atoms with van der Waals surface area (Å²) in [6.07, 6.45) is 2.11. The topological polar surface area (TPSA) is 61.6 Å². The molecule has 5 nitrogen and oxygen atoms in total. The minimum atomic E-state index is -0.359. The summed E-state index contributed by atoms with van der Waals surface area (Å²) in [7, 11) is 1.58. The summed E-state index contributed by atoms with van der Waals surface area (Å²) in [6.45, 7) is 0. The van der Waals surface area contributed by atoms with Crippen molar-refractivity contribution in [1.82, 2.24) is 4.98 Å². The minimum Gasteiger partial charge on any atom is -0.497 e. The largest absolute Gasteiger partial charge is 0.497 e. The van der Waals surface area contributed by atoms with Crippen LogP contribution < -0.4 is 9.47 Å². The Kier molecular flexibility index (Phi) is 5.36. The van der Waals surface area contributed by atoms with E-state index < -0.39 is 0 Å². The van der Waals surface area contributed by atoms with Crippen molar-refractivity contribution in [3.8, 4) is 22.8 Å². The average Bonchev–Trinajstić information content (AvgIpc) is 3.10. The Hall–Kier alpha value is -2.79. The molecule has 0 N–H and O–H groups in total. The highest BCUT2D eigenvalue weighted by Gasteiger charge is 2.12. The van der Waals surface area contributed by atoms with Crippen LogP contribution in [0, 0.1) is 0 Å². The summed E-state index contributed by atoms with van der Waals surface area (Å²) in [5.74, 6) is 1.84. The molecular formula is C19H16ClNO4. The van der Waals surface area contributed by atoms with Crippen LogP contribution in [0.2, 0.25) is 5.02 Å². The van der Waals surface area contributed by atoms with Gasteiger partial charge in [-0.15, -0.1) is 0 Å². The van der Waals surface area contributed by atoms with E-state index in [0.29, 0.717) is 34.6 Å². The Morgan fingerprint density at radius 3 is 2.56 bits per heavy atom. The van der Waals surface area contributed by atoms with Gasteiger partial charge in [-0.05, 0) is 36.4 Å². The lowest BCUT2D eigenvalue weighted by atomic mass is 10.2. The third-order valence-corrected chi connectivity index (χ3v) is 3.86. The van der Waals surface area contributed by atoms with Gasteiger partial charge in [0.2, 0.25) is 0 Å². The van der Waals surface area contributed by atoms with Gasteiger partial charge < -0.3 is 13.9 Å². The van der Waals surface area contributed by atoms with Crippen molar-refractivity contribution >= 4 is 17.6 Å². The molecule has 128 valence electrons. The fraction of sp³-hybridized carbons (Fsp3) is 0.158. The zero-order valence-corrected chi connectivity index (χ0v) is 14.3. The summed E-state index contributed by atoms with van der Waals surface area (Å²) in [5.41, 5.74) is 0.767. The van der Waals surface area contributed by atoms with Crippen LogP contribution in [0.4, 0.5) is 0 Å². The monoisotopic (exact) mass is 357 g/mol. The molecule has 0 unspecified atom stereocenters. The van der Waals surface area contributed by atoms with Gasteiger partial charge in [0.05, 0.1) is 24.8 Å². The molecule has 3 rings (SSSR count). The van der Waals surface area contributed by atoms with E-state index in [9.17, 15) is 4.79 Å². The van der Waals surface area contributed by atoms with Gasteiger partial charge >= 0.3 is 5.97 Å². The highest BCUT2D eigenvalue weighted by Crippen LogP contribution is 2.28. The summed E-state index contributed by atoms with van der Waals surface area (Å²) in [6, 6.07) is 14.2. The van der Waals surface area contributed by atoms with E-state index in [1.54, 1.807) is 43.6 Å². The first-order valence-electron chi connectivity index (χ1n) is 7.70. The number of hydrogen-bond acceptors (Lipinski definition) is 5. The van der Waals surface area contributed by atoms with Crippen molar-refractivity contribution in [3.05, 3.63) is 65.6 Å². The Labute approximate surface area is 150 Å². The van der Waals surface area contributed by atoms with Gasteiger partial charge in [-0.1, -0.05) is 23.7 Å². The Morgan fingerprint density at radius 1 is 1.12 bits per heavy atom. The number of carbonyl (C=O) groups is 1. The molecule has 0 amide bonds. The number of aryl methyl sites for hydroxylation is 1. The lowest BCUT2D eigenvalue weighted by Crippen LogP contribution is -2.09. The van der Waals surface area contributed by atoms with E-state index >= 15 is 0 Å². The second-order valence-electron chi connectivity index (χ2n) is 5.25. The first-order valence-corrected chi connectivity index (χ1v) is 8.08. The zero-order chi connectivity index (χ0) is 17.6. The summed E-state index contributed by atoms with van der Waals surface area (Å²) in [4.78, 5) is 16.1. The number of benzene rings is 2. The molecule has 1 heterocycles. The van der Waals surface area contributed by atoms with Crippen LogP contribution in [0.3, 0.4) is 0 Å². The number of ether oxygens (including phenoxy) is 2. The predicted octanol–water partition coefficient (Wildman–Crippen LogP) is 4.54. The number of nitrogens with zero attached hydrogens (tertiary/aromatic N) is 1. The number of esters is 1. The van der Waals surface area contributed by atoms with E-state index in [1.807, 2.05) is 18.2 Å². The zero-order valence-electron chi connectivity index (χ0n) is 13.6. The molecule has 3 aromatic rings. The summed E-state index contributed by atoms with van der Waals surface area (Å²) < 4.78 is 16.0. The Bertz CT molecular complexity index is 858. The SMILES string of the molecule is COc1ccc(OC(=O)CCc2ncc(-c3ccccc3Cl)o2)cc1. The van der Waals surface area contributed by atoms with Crippen LogP contribution in [0.5, 0.6) is 11.5 Å². The molecule has 0 saturated heterocycles. The Balaban J connectivity index is 1.56. The van der Waals surface area contributed by atoms with E-state index in [2.05, 4.69) is 4.98 Å². The third-order valence-electron chi connectivity index (χ3n) is 3.53. The van der Waals surface area contributed by atoms with Gasteiger partial charge in [0.1, 0.15) is 11.5 Å². The van der Waals surface area contributed by atoms with Crippen molar-refractivity contribution in [2.45, 2.75) is 12.8 Å². The van der Waals surface area contributed by atoms with Crippen LogP contribution in [-0.4, -0.2) is 18.1 Å². The van der Waals surface area contributed by atoms with Crippen molar-refractivity contribution in [2.24, 2.45) is 0 Å². The van der Waals surface area contributed by atoms with Crippen LogP contribution in [-0.2, 0) is 11.2 Å². The molecule has 0 saturated carbocycles. The first kappa shape index (κ1) is 17.0. The van der Waals surface area contributed by atoms with Crippen LogP contribution >= 0.6 is 11.6 Å². The van der Waals surface area contributed by atoms with Gasteiger partial charge in [0.25, 0.3) is 0 Å². The lowest BCUT2D eigenvalue weighted by Gasteiger charge is -2.04. The van der Waals surface area contributed by atoms with Crippen LogP contribution in [0.1, 0.15) is 12.3 Å². The quantitative estimate of drug-likeness (QED) is 0.478. The summed E-state index contributed by atoms with van der Waals surface area (Å²) >= 11 is 6.14. The first-order chi connectivity index (χ1) is 12.2. The van der Waals surface area contributed by atoms with Gasteiger partial charge in [0.15, 0.2) is 11.7 Å². The molecule has 2 aromatic carbocycles. The number of methoxy groups -OCH3 is 1. The van der Waals surface area contributed by atoms with E-state index in [-0.39, 0.29) is 12.4 Å². The fourth-order valence-electron chi connectivity index (χ4n) is 2.25. The van der Waals surface area contributed by atoms with Crippen LogP contribution in [0.25, 0.3) is 11.3 Å². The van der Waals surface area contributed by atoms with E-state index in [4.69, 9.17) is 25.5 Å². The maximum Gasteiger partial charge on any atom is 0.311 e. The molecule has 0 fully saturated rings. The molecule has 6 heteroatoms. The maximum atomic E-state index is 11.9.